The SMILES string of the molecule is OCCCSCc1coc(-c2cnccc2C(F)(F)F)n1. The first-order valence-corrected chi connectivity index (χ1v) is 7.32. The summed E-state index contributed by atoms with van der Waals surface area (Å²) in [6.45, 7) is 0.113. The molecule has 0 aromatic carbocycles. The average Bonchev–Trinajstić information content (AvgIpc) is 2.91. The van der Waals surface area contributed by atoms with Gasteiger partial charge in [-0.05, 0) is 18.2 Å². The number of nitrogens with zero attached hydrogens (tertiary/aromatic N) is 2. The number of hydrogen-bond acceptors (Lipinski definition) is 5. The number of hydrogen-bond donors (Lipinski definition) is 1. The van der Waals surface area contributed by atoms with Crippen molar-refractivity contribution in [3.63, 3.8) is 0 Å². The van der Waals surface area contributed by atoms with E-state index >= 15 is 0 Å². The highest BCUT2D eigenvalue weighted by Crippen LogP contribution is 2.36. The van der Waals surface area contributed by atoms with Gasteiger partial charge < -0.3 is 9.52 Å². The Hall–Kier alpha value is -1.54. The molecule has 0 saturated heterocycles. The van der Waals surface area contributed by atoms with Crippen molar-refractivity contribution >= 4 is 11.8 Å². The zero-order chi connectivity index (χ0) is 15.3. The number of aliphatic hydroxyl groups is 1. The molecule has 8 heteroatoms. The molecule has 0 radical (unpaired) electrons. The van der Waals surface area contributed by atoms with Gasteiger partial charge in [-0.3, -0.25) is 4.98 Å². The van der Waals surface area contributed by atoms with Gasteiger partial charge in [0.05, 0.1) is 16.8 Å². The van der Waals surface area contributed by atoms with Crippen molar-refractivity contribution in [2.75, 3.05) is 12.4 Å². The zero-order valence-electron chi connectivity index (χ0n) is 10.9. The van der Waals surface area contributed by atoms with E-state index in [9.17, 15) is 13.2 Å². The molecule has 2 aromatic heterocycles. The Morgan fingerprint density at radius 1 is 1.33 bits per heavy atom. The van der Waals surface area contributed by atoms with Gasteiger partial charge in [-0.25, -0.2) is 4.98 Å². The number of halogens is 3. The highest BCUT2D eigenvalue weighted by molar-refractivity contribution is 7.98. The van der Waals surface area contributed by atoms with Gasteiger partial charge in [-0.2, -0.15) is 24.9 Å². The van der Waals surface area contributed by atoms with Crippen molar-refractivity contribution < 1.29 is 22.7 Å². The summed E-state index contributed by atoms with van der Waals surface area (Å²) in [4.78, 5) is 7.76. The molecule has 0 bridgehead atoms. The molecule has 0 fully saturated rings. The molecule has 0 atom stereocenters. The number of oxazole rings is 1. The van der Waals surface area contributed by atoms with Crippen molar-refractivity contribution in [2.24, 2.45) is 0 Å². The third-order valence-electron chi connectivity index (χ3n) is 2.61. The summed E-state index contributed by atoms with van der Waals surface area (Å²) in [5.41, 5.74) is -0.430. The Morgan fingerprint density at radius 3 is 2.86 bits per heavy atom. The van der Waals surface area contributed by atoms with E-state index in [4.69, 9.17) is 9.52 Å². The van der Waals surface area contributed by atoms with E-state index in [0.29, 0.717) is 17.9 Å². The number of alkyl halides is 3. The smallest absolute Gasteiger partial charge is 0.417 e. The van der Waals surface area contributed by atoms with Crippen molar-refractivity contribution in [3.8, 4) is 11.5 Å². The van der Waals surface area contributed by atoms with E-state index in [1.165, 1.54) is 18.0 Å². The fourth-order valence-corrected chi connectivity index (χ4v) is 2.47. The molecule has 0 amide bonds. The largest absolute Gasteiger partial charge is 0.444 e. The van der Waals surface area contributed by atoms with E-state index < -0.39 is 11.7 Å². The molecule has 0 aliphatic heterocycles. The van der Waals surface area contributed by atoms with Crippen LogP contribution in [0.2, 0.25) is 0 Å². The minimum atomic E-state index is -4.48. The summed E-state index contributed by atoms with van der Waals surface area (Å²) in [6.07, 6.45) is -0.300. The molecule has 1 N–H and O–H groups in total. The first-order chi connectivity index (χ1) is 10.0. The molecule has 21 heavy (non-hydrogen) atoms. The van der Waals surface area contributed by atoms with Crippen LogP contribution in [0.15, 0.2) is 29.1 Å². The van der Waals surface area contributed by atoms with Gasteiger partial charge in [0.25, 0.3) is 0 Å². The highest BCUT2D eigenvalue weighted by atomic mass is 32.2. The number of rotatable bonds is 6. The molecule has 0 unspecified atom stereocenters. The van der Waals surface area contributed by atoms with Gasteiger partial charge in [0.2, 0.25) is 5.89 Å². The summed E-state index contributed by atoms with van der Waals surface area (Å²) in [7, 11) is 0. The van der Waals surface area contributed by atoms with E-state index in [0.717, 1.165) is 24.2 Å². The molecule has 4 nitrogen and oxygen atoms in total. The summed E-state index contributed by atoms with van der Waals surface area (Å²) in [5.74, 6) is 1.18. The Morgan fingerprint density at radius 2 is 2.14 bits per heavy atom. The van der Waals surface area contributed by atoms with Crippen molar-refractivity contribution in [1.29, 1.82) is 0 Å². The lowest BCUT2D eigenvalue weighted by molar-refractivity contribution is -0.137. The van der Waals surface area contributed by atoms with E-state index in [1.54, 1.807) is 0 Å². The molecule has 0 aliphatic carbocycles. The second-order valence-corrected chi connectivity index (χ2v) is 5.30. The van der Waals surface area contributed by atoms with Crippen LogP contribution in [-0.4, -0.2) is 27.4 Å². The lowest BCUT2D eigenvalue weighted by atomic mass is 10.1. The van der Waals surface area contributed by atoms with Gasteiger partial charge >= 0.3 is 6.18 Å². The molecular weight excluding hydrogens is 305 g/mol. The fraction of sp³-hybridized carbons (Fsp3) is 0.385. The lowest BCUT2D eigenvalue weighted by Crippen LogP contribution is -2.07. The van der Waals surface area contributed by atoms with Crippen LogP contribution in [0, 0.1) is 0 Å². The molecular formula is C13H13F3N2O2S. The van der Waals surface area contributed by atoms with Gasteiger partial charge in [-0.15, -0.1) is 0 Å². The normalized spacial score (nSPS) is 11.8. The third kappa shape index (κ3) is 4.21. The zero-order valence-corrected chi connectivity index (χ0v) is 11.7. The quantitative estimate of drug-likeness (QED) is 0.828. The standard InChI is InChI=1S/C13H13F3N2O2S/c14-13(15,16)11-2-3-17-6-10(11)12-18-9(7-20-12)8-21-5-1-4-19/h2-3,6-7,19H,1,4-5,8H2. The first kappa shape index (κ1) is 15.8. The maximum Gasteiger partial charge on any atom is 0.417 e. The second-order valence-electron chi connectivity index (χ2n) is 4.19. The molecule has 2 rings (SSSR count). The molecule has 2 aromatic rings. The maximum absolute atomic E-state index is 12.9. The van der Waals surface area contributed by atoms with Crippen LogP contribution in [0.25, 0.3) is 11.5 Å². The number of aliphatic hydroxyl groups excluding tert-OH is 1. The molecule has 0 saturated carbocycles. The van der Waals surface area contributed by atoms with E-state index in [1.807, 2.05) is 0 Å². The van der Waals surface area contributed by atoms with Crippen LogP contribution in [0.5, 0.6) is 0 Å². The van der Waals surface area contributed by atoms with Gasteiger partial charge in [0.1, 0.15) is 6.26 Å². The van der Waals surface area contributed by atoms with Crippen molar-refractivity contribution in [1.82, 2.24) is 9.97 Å². The Labute approximate surface area is 123 Å². The van der Waals surface area contributed by atoms with Crippen LogP contribution >= 0.6 is 11.8 Å². The lowest BCUT2D eigenvalue weighted by Gasteiger charge is -2.09. The Balaban J connectivity index is 2.15. The van der Waals surface area contributed by atoms with Gasteiger partial charge in [-0.1, -0.05) is 0 Å². The number of thioether (sulfide) groups is 1. The summed E-state index contributed by atoms with van der Waals surface area (Å²) in [5, 5.41) is 8.66. The number of pyridine rings is 1. The summed E-state index contributed by atoms with van der Waals surface area (Å²) >= 11 is 1.53. The van der Waals surface area contributed by atoms with Crippen molar-refractivity contribution in [3.05, 3.63) is 36.0 Å². The van der Waals surface area contributed by atoms with Crippen LogP contribution < -0.4 is 0 Å². The summed E-state index contributed by atoms with van der Waals surface area (Å²) in [6, 6.07) is 0.898. The van der Waals surface area contributed by atoms with Crippen LogP contribution in [0.3, 0.4) is 0 Å². The maximum atomic E-state index is 12.9. The second kappa shape index (κ2) is 6.95. The topological polar surface area (TPSA) is 59.2 Å². The van der Waals surface area contributed by atoms with E-state index in [2.05, 4.69) is 9.97 Å². The molecule has 2 heterocycles. The minimum absolute atomic E-state index is 0.0896. The minimum Gasteiger partial charge on any atom is -0.444 e. The Kier molecular flexibility index (Phi) is 5.24. The number of aromatic nitrogens is 2. The third-order valence-corrected chi connectivity index (χ3v) is 3.68. The van der Waals surface area contributed by atoms with Crippen molar-refractivity contribution in [2.45, 2.75) is 18.3 Å². The first-order valence-electron chi connectivity index (χ1n) is 6.17. The summed E-state index contributed by atoms with van der Waals surface area (Å²) < 4.78 is 43.8. The van der Waals surface area contributed by atoms with Gasteiger partial charge in [0.15, 0.2) is 0 Å². The van der Waals surface area contributed by atoms with Gasteiger partial charge in [0, 0.05) is 24.8 Å². The van der Waals surface area contributed by atoms with E-state index in [-0.39, 0.29) is 18.1 Å². The molecule has 0 aliphatic rings. The van der Waals surface area contributed by atoms with Crippen LogP contribution in [0.4, 0.5) is 13.2 Å². The predicted octanol–water partition coefficient (Wildman–Crippen LogP) is 3.37. The fourth-order valence-electron chi connectivity index (χ4n) is 1.65. The molecule has 114 valence electrons. The average molecular weight is 318 g/mol. The monoisotopic (exact) mass is 318 g/mol. The molecule has 0 spiro atoms. The highest BCUT2D eigenvalue weighted by Gasteiger charge is 2.34. The Bertz CT molecular complexity index is 587. The van der Waals surface area contributed by atoms with Crippen LogP contribution in [0.1, 0.15) is 17.7 Å². The predicted molar refractivity (Wildman–Crippen MR) is 72.6 cm³/mol. The van der Waals surface area contributed by atoms with Crippen LogP contribution in [-0.2, 0) is 11.9 Å².